The van der Waals surface area contributed by atoms with Crippen LogP contribution < -0.4 is 0 Å². The molecule has 0 N–H and O–H groups in total. The number of nitrogens with zero attached hydrogens (tertiary/aromatic N) is 2. The third kappa shape index (κ3) is 2.39. The van der Waals surface area contributed by atoms with Gasteiger partial charge in [0.25, 0.3) is 5.24 Å². The van der Waals surface area contributed by atoms with Crippen molar-refractivity contribution in [3.05, 3.63) is 22.5 Å². The smallest absolute Gasteiger partial charge is 0.273 e. The summed E-state index contributed by atoms with van der Waals surface area (Å²) in [5.74, 6) is 0.144. The SMILES string of the molecule is CC(C)c1cc(Cl)nnc1C(=O)Cl. The van der Waals surface area contributed by atoms with Crippen molar-refractivity contribution in [2.75, 3.05) is 0 Å². The van der Waals surface area contributed by atoms with E-state index in [4.69, 9.17) is 23.2 Å². The Bertz CT molecular complexity index is 339. The van der Waals surface area contributed by atoms with Gasteiger partial charge in [-0.05, 0) is 29.1 Å². The van der Waals surface area contributed by atoms with Crippen molar-refractivity contribution in [1.29, 1.82) is 0 Å². The van der Waals surface area contributed by atoms with Crippen LogP contribution in [0.3, 0.4) is 0 Å². The number of hydrogen-bond donors (Lipinski definition) is 0. The van der Waals surface area contributed by atoms with Crippen molar-refractivity contribution in [2.45, 2.75) is 19.8 Å². The molecule has 0 bridgehead atoms. The summed E-state index contributed by atoms with van der Waals surface area (Å²) in [6.45, 7) is 3.85. The fourth-order valence-electron chi connectivity index (χ4n) is 0.974. The summed E-state index contributed by atoms with van der Waals surface area (Å²) in [5.41, 5.74) is 0.904. The van der Waals surface area contributed by atoms with Crippen LogP contribution in [0.15, 0.2) is 6.07 Å². The van der Waals surface area contributed by atoms with E-state index in [0.717, 1.165) is 5.56 Å². The molecule has 0 spiro atoms. The monoisotopic (exact) mass is 218 g/mol. The molecule has 1 rings (SSSR count). The molecule has 0 atom stereocenters. The van der Waals surface area contributed by atoms with Gasteiger partial charge in [0.2, 0.25) is 0 Å². The Morgan fingerprint density at radius 3 is 2.54 bits per heavy atom. The van der Waals surface area contributed by atoms with Crippen molar-refractivity contribution in [1.82, 2.24) is 10.2 Å². The van der Waals surface area contributed by atoms with Gasteiger partial charge in [0.1, 0.15) is 5.69 Å². The molecule has 1 aromatic rings. The molecule has 0 fully saturated rings. The zero-order chi connectivity index (χ0) is 10.0. The number of carbonyl (C=O) groups is 1. The molecule has 0 radical (unpaired) electrons. The Morgan fingerprint density at radius 2 is 2.08 bits per heavy atom. The van der Waals surface area contributed by atoms with Crippen LogP contribution in [-0.4, -0.2) is 15.4 Å². The van der Waals surface area contributed by atoms with Crippen LogP contribution in [0.25, 0.3) is 0 Å². The first kappa shape index (κ1) is 10.4. The van der Waals surface area contributed by atoms with Crippen LogP contribution in [0.4, 0.5) is 0 Å². The average molecular weight is 219 g/mol. The van der Waals surface area contributed by atoms with E-state index in [1.165, 1.54) is 0 Å². The third-order valence-electron chi connectivity index (χ3n) is 1.60. The van der Waals surface area contributed by atoms with E-state index in [-0.39, 0.29) is 16.8 Å². The molecule has 0 unspecified atom stereocenters. The molecular formula is C8H8Cl2N2O. The summed E-state index contributed by atoms with van der Waals surface area (Å²) < 4.78 is 0. The molecule has 1 heterocycles. The summed E-state index contributed by atoms with van der Waals surface area (Å²) >= 11 is 11.0. The maximum atomic E-state index is 10.9. The molecule has 0 saturated heterocycles. The fourth-order valence-corrected chi connectivity index (χ4v) is 1.28. The fraction of sp³-hybridized carbons (Fsp3) is 0.375. The highest BCUT2D eigenvalue weighted by molar-refractivity contribution is 6.67. The molecule has 0 aliphatic heterocycles. The van der Waals surface area contributed by atoms with Crippen molar-refractivity contribution in [3.63, 3.8) is 0 Å². The molecule has 0 aliphatic carbocycles. The van der Waals surface area contributed by atoms with Crippen LogP contribution in [0.5, 0.6) is 0 Å². The highest BCUT2D eigenvalue weighted by atomic mass is 35.5. The minimum atomic E-state index is -0.604. The lowest BCUT2D eigenvalue weighted by molar-refractivity contribution is 0.107. The Morgan fingerprint density at radius 1 is 1.46 bits per heavy atom. The van der Waals surface area contributed by atoms with Crippen LogP contribution in [0.2, 0.25) is 5.15 Å². The molecule has 5 heteroatoms. The van der Waals surface area contributed by atoms with Crippen molar-refractivity contribution >= 4 is 28.4 Å². The largest absolute Gasteiger partial charge is 0.274 e. The number of aromatic nitrogens is 2. The van der Waals surface area contributed by atoms with Crippen LogP contribution in [-0.2, 0) is 0 Å². The summed E-state index contributed by atoms with van der Waals surface area (Å²) in [6.07, 6.45) is 0. The predicted molar refractivity (Wildman–Crippen MR) is 51.3 cm³/mol. The second-order valence-corrected chi connectivity index (χ2v) is 3.63. The first-order valence-corrected chi connectivity index (χ1v) is 4.51. The van der Waals surface area contributed by atoms with E-state index in [1.54, 1.807) is 6.07 Å². The topological polar surface area (TPSA) is 42.9 Å². The first-order chi connectivity index (χ1) is 6.02. The average Bonchev–Trinajstić information content (AvgIpc) is 2.03. The Labute approximate surface area is 86.1 Å². The molecule has 1 aromatic heterocycles. The lowest BCUT2D eigenvalue weighted by Crippen LogP contribution is -2.04. The summed E-state index contributed by atoms with van der Waals surface area (Å²) in [4.78, 5) is 10.9. The number of hydrogen-bond acceptors (Lipinski definition) is 3. The quantitative estimate of drug-likeness (QED) is 0.718. The van der Waals surface area contributed by atoms with E-state index in [2.05, 4.69) is 10.2 Å². The van der Waals surface area contributed by atoms with Gasteiger partial charge in [0.15, 0.2) is 5.15 Å². The van der Waals surface area contributed by atoms with Crippen molar-refractivity contribution in [3.8, 4) is 0 Å². The maximum absolute atomic E-state index is 10.9. The first-order valence-electron chi connectivity index (χ1n) is 3.75. The second-order valence-electron chi connectivity index (χ2n) is 2.90. The highest BCUT2D eigenvalue weighted by Crippen LogP contribution is 2.20. The van der Waals surface area contributed by atoms with E-state index in [1.807, 2.05) is 13.8 Å². The molecule has 70 valence electrons. The van der Waals surface area contributed by atoms with Gasteiger partial charge in [0.05, 0.1) is 0 Å². The summed E-state index contributed by atoms with van der Waals surface area (Å²) in [7, 11) is 0. The van der Waals surface area contributed by atoms with Gasteiger partial charge >= 0.3 is 0 Å². The lowest BCUT2D eigenvalue weighted by atomic mass is 10.0. The molecule has 13 heavy (non-hydrogen) atoms. The summed E-state index contributed by atoms with van der Waals surface area (Å²) in [5, 5.41) is 6.85. The normalized spacial score (nSPS) is 10.5. The molecule has 0 aliphatic rings. The van der Waals surface area contributed by atoms with E-state index < -0.39 is 5.24 Å². The standard InChI is InChI=1S/C8H8Cl2N2O/c1-4(2)5-3-6(9)11-12-7(5)8(10)13/h3-4H,1-2H3. The van der Waals surface area contributed by atoms with Crippen molar-refractivity contribution in [2.24, 2.45) is 0 Å². The molecule has 3 nitrogen and oxygen atoms in total. The van der Waals surface area contributed by atoms with Crippen LogP contribution in [0, 0.1) is 0 Å². The number of halogens is 2. The van der Waals surface area contributed by atoms with Gasteiger partial charge < -0.3 is 0 Å². The second kappa shape index (κ2) is 4.03. The predicted octanol–water partition coefficient (Wildman–Crippen LogP) is 2.63. The molecule has 0 aromatic carbocycles. The van der Waals surface area contributed by atoms with Gasteiger partial charge in [-0.25, -0.2) is 0 Å². The summed E-state index contributed by atoms with van der Waals surface area (Å²) in [6, 6.07) is 1.61. The van der Waals surface area contributed by atoms with Crippen LogP contribution in [0.1, 0.15) is 35.8 Å². The van der Waals surface area contributed by atoms with E-state index >= 15 is 0 Å². The molecule has 0 saturated carbocycles. The number of carbonyl (C=O) groups excluding carboxylic acids is 1. The zero-order valence-corrected chi connectivity index (χ0v) is 8.73. The van der Waals surface area contributed by atoms with Gasteiger partial charge in [0, 0.05) is 0 Å². The zero-order valence-electron chi connectivity index (χ0n) is 7.21. The van der Waals surface area contributed by atoms with Gasteiger partial charge in [-0.2, -0.15) is 0 Å². The van der Waals surface area contributed by atoms with Gasteiger partial charge in [-0.3, -0.25) is 4.79 Å². The third-order valence-corrected chi connectivity index (χ3v) is 1.97. The highest BCUT2D eigenvalue weighted by Gasteiger charge is 2.14. The Hall–Kier alpha value is -0.670. The lowest BCUT2D eigenvalue weighted by Gasteiger charge is -2.07. The minimum absolute atomic E-state index is 0.144. The van der Waals surface area contributed by atoms with E-state index in [0.29, 0.717) is 0 Å². The Balaban J connectivity index is 3.26. The van der Waals surface area contributed by atoms with Gasteiger partial charge in [-0.1, -0.05) is 25.4 Å². The maximum Gasteiger partial charge on any atom is 0.273 e. The van der Waals surface area contributed by atoms with E-state index in [9.17, 15) is 4.79 Å². The van der Waals surface area contributed by atoms with Crippen molar-refractivity contribution < 1.29 is 4.79 Å². The molecule has 0 amide bonds. The Kier molecular flexibility index (Phi) is 3.22. The minimum Gasteiger partial charge on any atom is -0.274 e. The van der Waals surface area contributed by atoms with Gasteiger partial charge in [-0.15, -0.1) is 10.2 Å². The molecular weight excluding hydrogens is 211 g/mol. The van der Waals surface area contributed by atoms with Crippen LogP contribution >= 0.6 is 23.2 Å². The number of rotatable bonds is 2.